The minimum absolute atomic E-state index is 0.532. The lowest BCUT2D eigenvalue weighted by atomic mass is 10.1. The van der Waals surface area contributed by atoms with E-state index < -0.39 is 0 Å². The third-order valence-electron chi connectivity index (χ3n) is 3.42. The standard InChI is InChI=1S/C13H19ClN2O/c1-9-6-12(13(17-3)7-11(9)14)16(2)10-4-5-15-8-10/h6-7,10,15H,4-5,8H2,1-3H3. The molecule has 1 saturated heterocycles. The number of aryl methyl sites for hydroxylation is 1. The Kier molecular flexibility index (Phi) is 3.79. The molecule has 0 spiro atoms. The number of anilines is 1. The van der Waals surface area contributed by atoms with E-state index in [1.165, 1.54) is 6.42 Å². The SMILES string of the molecule is COc1cc(Cl)c(C)cc1N(C)C1CCNC1. The van der Waals surface area contributed by atoms with Crippen LogP contribution in [0.15, 0.2) is 12.1 Å². The van der Waals surface area contributed by atoms with Gasteiger partial charge in [-0.1, -0.05) is 11.6 Å². The normalized spacial score (nSPS) is 19.4. The van der Waals surface area contributed by atoms with E-state index in [-0.39, 0.29) is 0 Å². The first-order valence-electron chi connectivity index (χ1n) is 5.91. The quantitative estimate of drug-likeness (QED) is 0.897. The Morgan fingerprint density at radius 2 is 2.24 bits per heavy atom. The summed E-state index contributed by atoms with van der Waals surface area (Å²) in [7, 11) is 3.80. The van der Waals surface area contributed by atoms with Crippen LogP contribution in [0.3, 0.4) is 0 Å². The Hall–Kier alpha value is -0.930. The van der Waals surface area contributed by atoms with Crippen molar-refractivity contribution in [2.45, 2.75) is 19.4 Å². The van der Waals surface area contributed by atoms with Crippen molar-refractivity contribution in [3.8, 4) is 5.75 Å². The van der Waals surface area contributed by atoms with Gasteiger partial charge in [-0.2, -0.15) is 0 Å². The second-order valence-corrected chi connectivity index (χ2v) is 4.94. The molecule has 1 aliphatic heterocycles. The summed E-state index contributed by atoms with van der Waals surface area (Å²) in [6, 6.07) is 4.52. The van der Waals surface area contributed by atoms with Gasteiger partial charge >= 0.3 is 0 Å². The molecule has 0 saturated carbocycles. The first kappa shape index (κ1) is 12.5. The number of nitrogens with zero attached hydrogens (tertiary/aromatic N) is 1. The average molecular weight is 255 g/mol. The zero-order valence-electron chi connectivity index (χ0n) is 10.6. The number of halogens is 1. The molecule has 3 nitrogen and oxygen atoms in total. The monoisotopic (exact) mass is 254 g/mol. The number of benzene rings is 1. The number of hydrogen-bond donors (Lipinski definition) is 1. The van der Waals surface area contributed by atoms with Crippen LogP contribution < -0.4 is 15.0 Å². The highest BCUT2D eigenvalue weighted by Gasteiger charge is 2.22. The van der Waals surface area contributed by atoms with Crippen LogP contribution in [0.1, 0.15) is 12.0 Å². The summed E-state index contributed by atoms with van der Waals surface area (Å²) >= 11 is 6.12. The maximum absolute atomic E-state index is 6.12. The molecule has 1 heterocycles. The predicted octanol–water partition coefficient (Wildman–Crippen LogP) is 2.46. The van der Waals surface area contributed by atoms with Crippen LogP contribution in [0.5, 0.6) is 5.75 Å². The second kappa shape index (κ2) is 5.15. The fourth-order valence-corrected chi connectivity index (χ4v) is 2.41. The molecule has 1 aromatic carbocycles. The van der Waals surface area contributed by atoms with Crippen molar-refractivity contribution in [2.24, 2.45) is 0 Å². The summed E-state index contributed by atoms with van der Waals surface area (Å²) in [5, 5.41) is 4.13. The van der Waals surface area contributed by atoms with Crippen LogP contribution in [0.2, 0.25) is 5.02 Å². The number of methoxy groups -OCH3 is 1. The van der Waals surface area contributed by atoms with Crippen LogP contribution in [0.25, 0.3) is 0 Å². The van der Waals surface area contributed by atoms with Crippen molar-refractivity contribution in [2.75, 3.05) is 32.1 Å². The maximum Gasteiger partial charge on any atom is 0.143 e. The number of ether oxygens (including phenoxy) is 1. The molecule has 1 N–H and O–H groups in total. The smallest absolute Gasteiger partial charge is 0.143 e. The Labute approximate surface area is 108 Å². The topological polar surface area (TPSA) is 24.5 Å². The molecular weight excluding hydrogens is 236 g/mol. The van der Waals surface area contributed by atoms with E-state index in [9.17, 15) is 0 Å². The highest BCUT2D eigenvalue weighted by Crippen LogP contribution is 2.34. The molecule has 94 valence electrons. The molecular formula is C13H19ClN2O. The predicted molar refractivity (Wildman–Crippen MR) is 72.4 cm³/mol. The number of likely N-dealkylation sites (N-methyl/N-ethyl adjacent to an activating group) is 1. The molecule has 1 fully saturated rings. The van der Waals surface area contributed by atoms with Crippen LogP contribution in [0.4, 0.5) is 5.69 Å². The summed E-state index contributed by atoms with van der Waals surface area (Å²) in [4.78, 5) is 2.28. The molecule has 1 atom stereocenters. The van der Waals surface area contributed by atoms with Gasteiger partial charge in [-0.15, -0.1) is 0 Å². The maximum atomic E-state index is 6.12. The molecule has 0 radical (unpaired) electrons. The molecule has 0 aliphatic carbocycles. The van der Waals surface area contributed by atoms with E-state index in [0.29, 0.717) is 6.04 Å². The molecule has 4 heteroatoms. The van der Waals surface area contributed by atoms with Crippen molar-refractivity contribution < 1.29 is 4.74 Å². The van der Waals surface area contributed by atoms with Crippen LogP contribution >= 0.6 is 11.6 Å². The van der Waals surface area contributed by atoms with Gasteiger partial charge in [0.05, 0.1) is 12.8 Å². The molecule has 1 unspecified atom stereocenters. The van der Waals surface area contributed by atoms with Crippen LogP contribution in [-0.2, 0) is 0 Å². The molecule has 2 rings (SSSR count). The lowest BCUT2D eigenvalue weighted by Crippen LogP contribution is -2.33. The van der Waals surface area contributed by atoms with Crippen molar-refractivity contribution in [1.29, 1.82) is 0 Å². The minimum atomic E-state index is 0.532. The van der Waals surface area contributed by atoms with Crippen LogP contribution in [0, 0.1) is 6.92 Å². The zero-order valence-corrected chi connectivity index (χ0v) is 11.3. The molecule has 0 aromatic heterocycles. The Morgan fingerprint density at radius 1 is 1.47 bits per heavy atom. The van der Waals surface area contributed by atoms with Gasteiger partial charge in [-0.25, -0.2) is 0 Å². The van der Waals surface area contributed by atoms with Crippen molar-refractivity contribution in [3.63, 3.8) is 0 Å². The summed E-state index contributed by atoms with van der Waals surface area (Å²) in [6.45, 7) is 4.14. The van der Waals surface area contributed by atoms with Gasteiger partial charge in [0.1, 0.15) is 5.75 Å². The molecule has 1 aromatic rings. The van der Waals surface area contributed by atoms with Crippen molar-refractivity contribution in [3.05, 3.63) is 22.7 Å². The molecule has 17 heavy (non-hydrogen) atoms. The largest absolute Gasteiger partial charge is 0.495 e. The third kappa shape index (κ3) is 2.50. The van der Waals surface area contributed by atoms with Gasteiger partial charge in [-0.05, 0) is 31.5 Å². The lowest BCUT2D eigenvalue weighted by Gasteiger charge is -2.28. The zero-order chi connectivity index (χ0) is 12.4. The first-order chi connectivity index (χ1) is 8.13. The summed E-state index contributed by atoms with van der Waals surface area (Å²) < 4.78 is 5.42. The lowest BCUT2D eigenvalue weighted by molar-refractivity contribution is 0.413. The number of hydrogen-bond acceptors (Lipinski definition) is 3. The third-order valence-corrected chi connectivity index (χ3v) is 3.83. The Morgan fingerprint density at radius 3 is 2.82 bits per heavy atom. The minimum Gasteiger partial charge on any atom is -0.495 e. The summed E-state index contributed by atoms with van der Waals surface area (Å²) in [5.74, 6) is 0.843. The van der Waals surface area contributed by atoms with E-state index in [4.69, 9.17) is 16.3 Å². The highest BCUT2D eigenvalue weighted by atomic mass is 35.5. The van der Waals surface area contributed by atoms with Gasteiger partial charge < -0.3 is 15.0 Å². The van der Waals surface area contributed by atoms with E-state index in [2.05, 4.69) is 23.3 Å². The van der Waals surface area contributed by atoms with E-state index >= 15 is 0 Å². The van der Waals surface area contributed by atoms with E-state index in [1.807, 2.05) is 13.0 Å². The number of rotatable bonds is 3. The van der Waals surface area contributed by atoms with Gasteiger partial charge in [0.25, 0.3) is 0 Å². The summed E-state index contributed by atoms with van der Waals surface area (Å²) in [6.07, 6.45) is 1.17. The van der Waals surface area contributed by atoms with Crippen molar-refractivity contribution in [1.82, 2.24) is 5.32 Å². The molecule has 1 aliphatic rings. The van der Waals surface area contributed by atoms with Crippen molar-refractivity contribution >= 4 is 17.3 Å². The first-order valence-corrected chi connectivity index (χ1v) is 6.29. The van der Waals surface area contributed by atoms with E-state index in [0.717, 1.165) is 35.1 Å². The fourth-order valence-electron chi connectivity index (χ4n) is 2.25. The highest BCUT2D eigenvalue weighted by molar-refractivity contribution is 6.31. The Balaban J connectivity index is 2.32. The fraction of sp³-hybridized carbons (Fsp3) is 0.538. The summed E-state index contributed by atoms with van der Waals surface area (Å²) in [5.41, 5.74) is 2.20. The van der Waals surface area contributed by atoms with Gasteiger partial charge in [0, 0.05) is 30.7 Å². The number of nitrogens with one attached hydrogen (secondary N) is 1. The average Bonchev–Trinajstić information content (AvgIpc) is 2.84. The van der Waals surface area contributed by atoms with Gasteiger partial charge in [0.15, 0.2) is 0 Å². The van der Waals surface area contributed by atoms with Gasteiger partial charge in [-0.3, -0.25) is 0 Å². The molecule has 0 bridgehead atoms. The Bertz CT molecular complexity index is 403. The van der Waals surface area contributed by atoms with Gasteiger partial charge in [0.2, 0.25) is 0 Å². The van der Waals surface area contributed by atoms with E-state index in [1.54, 1.807) is 7.11 Å². The van der Waals surface area contributed by atoms with Crippen LogP contribution in [-0.4, -0.2) is 33.3 Å². The molecule has 0 amide bonds. The second-order valence-electron chi connectivity index (χ2n) is 4.53.